The number of hydrogen-bond donors (Lipinski definition) is 0. The van der Waals surface area contributed by atoms with E-state index in [-0.39, 0.29) is 12.7 Å². The summed E-state index contributed by atoms with van der Waals surface area (Å²) in [6.07, 6.45) is -0.388. The molecule has 0 radical (unpaired) electrons. The lowest BCUT2D eigenvalue weighted by Crippen LogP contribution is -2.37. The smallest absolute Gasteiger partial charge is 0.415 e. The van der Waals surface area contributed by atoms with Gasteiger partial charge in [0.1, 0.15) is 18.2 Å². The molecule has 1 aromatic rings. The highest BCUT2D eigenvalue weighted by Crippen LogP contribution is 2.20. The zero-order chi connectivity index (χ0) is 13.8. The number of amidine groups is 1. The van der Waals surface area contributed by atoms with Crippen molar-refractivity contribution in [2.45, 2.75) is 13.8 Å². The van der Waals surface area contributed by atoms with Gasteiger partial charge in [-0.3, -0.25) is 9.89 Å². The third-order valence-corrected chi connectivity index (χ3v) is 3.24. The molecule has 5 nitrogen and oxygen atoms in total. The van der Waals surface area contributed by atoms with Crippen molar-refractivity contribution in [2.24, 2.45) is 4.99 Å². The van der Waals surface area contributed by atoms with Crippen LogP contribution in [0.4, 0.5) is 4.79 Å². The van der Waals surface area contributed by atoms with Gasteiger partial charge < -0.3 is 9.47 Å². The number of carbonyl (C=O) groups excluding carboxylic acids is 1. The number of rotatable bonds is 3. The molecule has 0 aromatic heterocycles. The Balaban J connectivity index is 2.02. The molecule has 0 atom stereocenters. The van der Waals surface area contributed by atoms with Gasteiger partial charge in [-0.1, -0.05) is 12.1 Å². The maximum Gasteiger partial charge on any atom is 0.415 e. The van der Waals surface area contributed by atoms with E-state index in [4.69, 9.17) is 9.47 Å². The van der Waals surface area contributed by atoms with Gasteiger partial charge in [0.15, 0.2) is 0 Å². The number of benzene rings is 1. The van der Waals surface area contributed by atoms with Crippen LogP contribution in [0.15, 0.2) is 23.2 Å². The molecular formula is C14H18N2O3. The summed E-state index contributed by atoms with van der Waals surface area (Å²) in [4.78, 5) is 17.3. The quantitative estimate of drug-likeness (QED) is 0.838. The van der Waals surface area contributed by atoms with E-state index >= 15 is 0 Å². The van der Waals surface area contributed by atoms with Crippen LogP contribution in [0.3, 0.4) is 0 Å². The van der Waals surface area contributed by atoms with E-state index in [0.717, 1.165) is 11.3 Å². The third-order valence-electron chi connectivity index (χ3n) is 3.24. The number of aryl methyl sites for hydroxylation is 1. The topological polar surface area (TPSA) is 51.1 Å². The molecule has 5 heteroatoms. The monoisotopic (exact) mass is 262 g/mol. The lowest BCUT2D eigenvalue weighted by molar-refractivity contribution is 0.147. The normalized spacial score (nSPS) is 14.3. The lowest BCUT2D eigenvalue weighted by atomic mass is 10.1. The number of carbonyl (C=O) groups is 1. The van der Waals surface area contributed by atoms with E-state index in [2.05, 4.69) is 4.99 Å². The summed E-state index contributed by atoms with van der Waals surface area (Å²) in [6, 6.07) is 5.91. The second kappa shape index (κ2) is 5.73. The molecule has 0 fully saturated rings. The highest BCUT2D eigenvalue weighted by atomic mass is 16.5. The van der Waals surface area contributed by atoms with Crippen molar-refractivity contribution in [1.29, 1.82) is 0 Å². The van der Waals surface area contributed by atoms with Crippen LogP contribution in [0.1, 0.15) is 11.1 Å². The number of methoxy groups -OCH3 is 1. The molecule has 0 N–H and O–H groups in total. The van der Waals surface area contributed by atoms with Crippen LogP contribution >= 0.6 is 0 Å². The van der Waals surface area contributed by atoms with E-state index in [1.54, 1.807) is 0 Å². The maximum atomic E-state index is 11.5. The molecule has 0 aliphatic carbocycles. The van der Waals surface area contributed by atoms with Gasteiger partial charge in [-0.15, -0.1) is 0 Å². The number of hydrogen-bond acceptors (Lipinski definition) is 4. The van der Waals surface area contributed by atoms with Crippen LogP contribution in [0.2, 0.25) is 0 Å². The van der Waals surface area contributed by atoms with E-state index < -0.39 is 0 Å². The van der Waals surface area contributed by atoms with Crippen LogP contribution in [0.25, 0.3) is 0 Å². The van der Waals surface area contributed by atoms with E-state index in [0.29, 0.717) is 18.9 Å². The Morgan fingerprint density at radius 2 is 2.21 bits per heavy atom. The van der Waals surface area contributed by atoms with Crippen molar-refractivity contribution < 1.29 is 14.3 Å². The Morgan fingerprint density at radius 1 is 1.42 bits per heavy atom. The molecule has 1 heterocycles. The summed E-state index contributed by atoms with van der Waals surface area (Å²) in [7, 11) is 1.36. The minimum absolute atomic E-state index is 0.277. The largest absolute Gasteiger partial charge is 0.485 e. The number of nitrogens with zero attached hydrogens (tertiary/aromatic N) is 2. The van der Waals surface area contributed by atoms with Crippen molar-refractivity contribution in [3.8, 4) is 5.75 Å². The van der Waals surface area contributed by atoms with Gasteiger partial charge in [0.2, 0.25) is 0 Å². The van der Waals surface area contributed by atoms with Crippen LogP contribution in [-0.4, -0.2) is 43.6 Å². The molecule has 19 heavy (non-hydrogen) atoms. The predicted molar refractivity (Wildman–Crippen MR) is 72.8 cm³/mol. The van der Waals surface area contributed by atoms with Crippen molar-refractivity contribution in [3.05, 3.63) is 29.3 Å². The highest BCUT2D eigenvalue weighted by molar-refractivity contribution is 5.97. The lowest BCUT2D eigenvalue weighted by Gasteiger charge is -2.17. The Bertz CT molecular complexity index is 511. The summed E-state index contributed by atoms with van der Waals surface area (Å²) in [5.41, 5.74) is 2.28. The fraction of sp³-hybridized carbons (Fsp3) is 0.429. The summed E-state index contributed by atoms with van der Waals surface area (Å²) in [6.45, 7) is 5.48. The highest BCUT2D eigenvalue weighted by Gasteiger charge is 2.24. The molecule has 2 rings (SSSR count). The standard InChI is InChI=1S/C14H18N2O3/c1-10-5-4-6-12(11(10)2)19-9-13-15-7-8-16(13)14(17)18-3/h4-6H,7-9H2,1-3H3. The third kappa shape index (κ3) is 2.86. The van der Waals surface area contributed by atoms with Crippen molar-refractivity contribution in [2.75, 3.05) is 26.8 Å². The average molecular weight is 262 g/mol. The van der Waals surface area contributed by atoms with Crippen LogP contribution in [-0.2, 0) is 4.74 Å². The van der Waals surface area contributed by atoms with Gasteiger partial charge in [-0.05, 0) is 31.0 Å². The zero-order valence-corrected chi connectivity index (χ0v) is 11.5. The van der Waals surface area contributed by atoms with E-state index in [9.17, 15) is 4.79 Å². The fourth-order valence-corrected chi connectivity index (χ4v) is 1.95. The maximum absolute atomic E-state index is 11.5. The van der Waals surface area contributed by atoms with Gasteiger partial charge in [-0.2, -0.15) is 0 Å². The van der Waals surface area contributed by atoms with Gasteiger partial charge in [0.25, 0.3) is 0 Å². The second-order valence-corrected chi connectivity index (χ2v) is 4.41. The Hall–Kier alpha value is -2.04. The molecule has 1 aromatic carbocycles. The summed E-state index contributed by atoms with van der Waals surface area (Å²) in [5.74, 6) is 1.44. The van der Waals surface area contributed by atoms with Crippen molar-refractivity contribution in [3.63, 3.8) is 0 Å². The Kier molecular flexibility index (Phi) is 4.04. The zero-order valence-electron chi connectivity index (χ0n) is 11.5. The first kappa shape index (κ1) is 13.4. The van der Waals surface area contributed by atoms with Crippen LogP contribution in [0, 0.1) is 13.8 Å². The first-order valence-corrected chi connectivity index (χ1v) is 6.21. The molecule has 0 unspecified atom stereocenters. The van der Waals surface area contributed by atoms with Crippen molar-refractivity contribution >= 4 is 11.9 Å². The number of ether oxygens (including phenoxy) is 2. The van der Waals surface area contributed by atoms with E-state index in [1.165, 1.54) is 17.6 Å². The predicted octanol–water partition coefficient (Wildman–Crippen LogP) is 2.16. The molecule has 1 aliphatic heterocycles. The first-order valence-electron chi connectivity index (χ1n) is 6.21. The minimum atomic E-state index is -0.388. The molecule has 0 saturated heterocycles. The Morgan fingerprint density at radius 3 is 2.95 bits per heavy atom. The number of aliphatic imine (C=N–C) groups is 1. The summed E-state index contributed by atoms with van der Waals surface area (Å²) < 4.78 is 10.5. The average Bonchev–Trinajstić information content (AvgIpc) is 2.88. The van der Waals surface area contributed by atoms with E-state index in [1.807, 2.05) is 32.0 Å². The van der Waals surface area contributed by atoms with Gasteiger partial charge >= 0.3 is 6.09 Å². The SMILES string of the molecule is COC(=O)N1CCN=C1COc1cccc(C)c1C. The van der Waals surface area contributed by atoms with Gasteiger partial charge in [0, 0.05) is 0 Å². The molecular weight excluding hydrogens is 244 g/mol. The second-order valence-electron chi connectivity index (χ2n) is 4.41. The van der Waals surface area contributed by atoms with Gasteiger partial charge in [-0.25, -0.2) is 4.79 Å². The summed E-state index contributed by atoms with van der Waals surface area (Å²) in [5, 5.41) is 0. The number of amides is 1. The van der Waals surface area contributed by atoms with Gasteiger partial charge in [0.05, 0.1) is 20.2 Å². The van der Waals surface area contributed by atoms with Crippen molar-refractivity contribution in [1.82, 2.24) is 4.90 Å². The minimum Gasteiger partial charge on any atom is -0.485 e. The first-order chi connectivity index (χ1) is 9.13. The fourth-order valence-electron chi connectivity index (χ4n) is 1.95. The van der Waals surface area contributed by atoms with Crippen LogP contribution < -0.4 is 4.74 Å². The Labute approximate surface area is 112 Å². The molecule has 102 valence electrons. The molecule has 1 aliphatic rings. The molecule has 0 spiro atoms. The summed E-state index contributed by atoms with van der Waals surface area (Å²) >= 11 is 0. The molecule has 0 saturated carbocycles. The van der Waals surface area contributed by atoms with Crippen LogP contribution in [0.5, 0.6) is 5.75 Å². The molecule has 1 amide bonds. The molecule has 0 bridgehead atoms.